The number of likely N-dealkylation sites (N-methyl/N-ethyl adjacent to an activating group) is 1. The molecule has 1 saturated carbocycles. The molecule has 13 N–H and O–H groups in total. The minimum atomic E-state index is -1.69. The predicted molar refractivity (Wildman–Crippen MR) is 242 cm³/mol. The second-order valence-corrected chi connectivity index (χ2v) is 17.0. The van der Waals surface area contributed by atoms with Gasteiger partial charge in [-0.3, -0.25) is 24.0 Å². The molecule has 6 rings (SSSR count). The Balaban J connectivity index is 1.41. The van der Waals surface area contributed by atoms with E-state index >= 15 is 0 Å². The number of fused-ring (bicyclic) bond motifs is 5. The van der Waals surface area contributed by atoms with E-state index in [0.29, 0.717) is 11.3 Å². The molecule has 1 aliphatic heterocycles. The van der Waals surface area contributed by atoms with Crippen LogP contribution in [0.4, 0.5) is 0 Å². The highest BCUT2D eigenvalue weighted by molar-refractivity contribution is 5.99. The Labute approximate surface area is 385 Å². The number of nitrogens with one attached hydrogen (secondary N) is 3. The smallest absolute Gasteiger partial charge is 0.326 e. The van der Waals surface area contributed by atoms with Gasteiger partial charge in [-0.05, 0) is 91.2 Å². The first-order valence-electron chi connectivity index (χ1n) is 21.7. The Hall–Kier alpha value is -6.91. The Morgan fingerprint density at radius 3 is 2.16 bits per heavy atom. The van der Waals surface area contributed by atoms with Gasteiger partial charge in [-0.2, -0.15) is 9.78 Å². The topological polar surface area (TPSA) is 337 Å². The highest BCUT2D eigenvalue weighted by Crippen LogP contribution is 2.48. The van der Waals surface area contributed by atoms with Crippen LogP contribution in [0.2, 0.25) is 0 Å². The summed E-state index contributed by atoms with van der Waals surface area (Å²) < 4.78 is 12.9. The van der Waals surface area contributed by atoms with E-state index in [0.717, 1.165) is 34.1 Å². The van der Waals surface area contributed by atoms with Crippen LogP contribution in [0.1, 0.15) is 66.2 Å². The van der Waals surface area contributed by atoms with Crippen molar-refractivity contribution in [2.24, 2.45) is 17.2 Å². The van der Waals surface area contributed by atoms with Gasteiger partial charge in [-0.1, -0.05) is 25.1 Å². The molecule has 1 fully saturated rings. The maximum Gasteiger partial charge on any atom is 0.326 e. The molecule has 4 aromatic rings. The van der Waals surface area contributed by atoms with Crippen LogP contribution in [0, 0.1) is 0 Å². The Morgan fingerprint density at radius 2 is 1.57 bits per heavy atom. The summed E-state index contributed by atoms with van der Waals surface area (Å²) in [5, 5.41) is 54.4. The molecule has 21 nitrogen and oxygen atoms in total. The number of phenols is 1. The number of hydrogen-bond donors (Lipinski definition) is 10. The van der Waals surface area contributed by atoms with Gasteiger partial charge < -0.3 is 68.0 Å². The molecule has 2 unspecified atom stereocenters. The number of nitrogens with two attached hydrogens (primary N) is 3. The molecule has 358 valence electrons. The number of carboxylic acid groups (broad SMARTS) is 1. The van der Waals surface area contributed by atoms with Crippen molar-refractivity contribution in [1.82, 2.24) is 30.6 Å². The van der Waals surface area contributed by atoms with Crippen molar-refractivity contribution in [3.63, 3.8) is 0 Å². The van der Waals surface area contributed by atoms with Gasteiger partial charge in [0, 0.05) is 43.8 Å². The van der Waals surface area contributed by atoms with E-state index in [2.05, 4.69) is 28.0 Å². The lowest BCUT2D eigenvalue weighted by molar-refractivity contribution is -0.143. The first kappa shape index (κ1) is 49.5. The SMILES string of the molecule is C[C@@H]1NC(=O)C(N(C)C(=O)[C@H](CCN)NC(=O)c2cnn(-c3ccc(C4(C)CC4)cc3)c(=O)c2)c2cc(OC[C@H](O)CN)c(O)c(c2)-c2cc(ccc2OC[C@H](O)CN)CC(C(=O)O)NC1=O. The summed E-state index contributed by atoms with van der Waals surface area (Å²) in [5.41, 5.74) is 18.5. The maximum atomic E-state index is 14.6. The fraction of sp³-hybridized carbons (Fsp3) is 0.413. The number of carboxylic acids is 1. The van der Waals surface area contributed by atoms with E-state index in [1.165, 1.54) is 50.5 Å². The van der Waals surface area contributed by atoms with Crippen LogP contribution in [-0.4, -0.2) is 135 Å². The highest BCUT2D eigenvalue weighted by atomic mass is 16.5. The number of aromatic nitrogens is 2. The summed E-state index contributed by atoms with van der Waals surface area (Å²) in [7, 11) is 1.25. The molecule has 21 heteroatoms. The number of nitrogens with zero attached hydrogens (tertiary/aromatic N) is 3. The van der Waals surface area contributed by atoms with E-state index in [-0.39, 0.29) is 78.3 Å². The molecule has 3 aromatic carbocycles. The van der Waals surface area contributed by atoms with Gasteiger partial charge in [0.25, 0.3) is 11.5 Å². The molecule has 4 amide bonds. The van der Waals surface area contributed by atoms with E-state index < -0.39 is 83.9 Å². The summed E-state index contributed by atoms with van der Waals surface area (Å²) in [6.45, 7) is 2.23. The standard InChI is InChI=1S/C46H57N9O12/c1-24-41(60)53-35(45(64)65)15-25-4-9-36(66-22-30(56)19-48)32(14-25)33-16-26(17-37(40(33)59)67-23-31(57)20-49)39(43(62)51-24)54(3)44(63)34(10-13-47)52-42(61)27-18-38(58)55(50-21-27)29-7-5-28(6-8-29)46(2)11-12-46/h4-9,14,16-18,21,24,30-31,34-35,39,56-57,59H,10-13,15,19-20,22-23,47-49H2,1-3H3,(H,51,62)(H,52,61)(H,53,60)(H,64,65)/t24-,30+,31+,34-,35?,39?/m0/s1. The van der Waals surface area contributed by atoms with Crippen molar-refractivity contribution in [2.45, 2.75) is 81.3 Å². The maximum absolute atomic E-state index is 14.6. The quantitative estimate of drug-likeness (QED) is 0.0628. The average molecular weight is 928 g/mol. The van der Waals surface area contributed by atoms with Crippen LogP contribution in [0.15, 0.2) is 71.7 Å². The minimum absolute atomic E-state index is 0.0188. The average Bonchev–Trinajstić information content (AvgIpc) is 4.07. The molecule has 4 bridgehead atoms. The Morgan fingerprint density at radius 1 is 0.910 bits per heavy atom. The van der Waals surface area contributed by atoms with E-state index in [4.69, 9.17) is 26.7 Å². The summed E-state index contributed by atoms with van der Waals surface area (Å²) >= 11 is 0. The van der Waals surface area contributed by atoms with Crippen molar-refractivity contribution in [2.75, 3.05) is 39.9 Å². The number of hydrogen-bond acceptors (Lipinski definition) is 15. The van der Waals surface area contributed by atoms with Gasteiger partial charge in [-0.15, -0.1) is 0 Å². The second-order valence-electron chi connectivity index (χ2n) is 17.0. The third kappa shape index (κ3) is 11.6. The lowest BCUT2D eigenvalue weighted by Gasteiger charge is -2.32. The molecule has 6 atom stereocenters. The Kier molecular flexibility index (Phi) is 15.6. The number of phenolic OH excluding ortho intramolecular Hbond substituents is 1. The molecule has 2 heterocycles. The Bertz CT molecular complexity index is 2550. The van der Waals surface area contributed by atoms with E-state index in [1.54, 1.807) is 12.1 Å². The number of amides is 4. The summed E-state index contributed by atoms with van der Waals surface area (Å²) in [6.07, 6.45) is 0.601. The molecule has 67 heavy (non-hydrogen) atoms. The second kappa shape index (κ2) is 21.2. The first-order valence-corrected chi connectivity index (χ1v) is 21.7. The molecule has 0 radical (unpaired) electrons. The van der Waals surface area contributed by atoms with Gasteiger partial charge in [0.2, 0.25) is 17.7 Å². The summed E-state index contributed by atoms with van der Waals surface area (Å²) in [6, 6.07) is 9.57. The van der Waals surface area contributed by atoms with Crippen LogP contribution in [-0.2, 0) is 31.0 Å². The number of ether oxygens (including phenoxy) is 2. The first-order chi connectivity index (χ1) is 31.9. The van der Waals surface area contributed by atoms with Crippen molar-refractivity contribution in [3.8, 4) is 34.1 Å². The van der Waals surface area contributed by atoms with Crippen molar-refractivity contribution < 1.29 is 53.9 Å². The van der Waals surface area contributed by atoms with Crippen molar-refractivity contribution in [1.29, 1.82) is 0 Å². The number of carbonyl (C=O) groups excluding carboxylic acids is 4. The van der Waals surface area contributed by atoms with Gasteiger partial charge in [0.05, 0.1) is 17.4 Å². The van der Waals surface area contributed by atoms with E-state index in [1.807, 2.05) is 12.1 Å². The van der Waals surface area contributed by atoms with E-state index in [9.17, 15) is 49.2 Å². The number of aliphatic carboxylic acids is 1. The van der Waals surface area contributed by atoms with Crippen LogP contribution < -0.4 is 48.2 Å². The number of rotatable bonds is 17. The molecule has 1 aromatic heterocycles. The molecule has 0 saturated heterocycles. The highest BCUT2D eigenvalue weighted by Gasteiger charge is 2.39. The van der Waals surface area contributed by atoms with Crippen molar-refractivity contribution >= 4 is 29.6 Å². The lowest BCUT2D eigenvalue weighted by Crippen LogP contribution is -2.55. The number of aromatic hydroxyl groups is 1. The molecular weight excluding hydrogens is 871 g/mol. The zero-order valence-electron chi connectivity index (χ0n) is 37.3. The van der Waals surface area contributed by atoms with Gasteiger partial charge in [0.1, 0.15) is 55.3 Å². The van der Waals surface area contributed by atoms with Crippen LogP contribution >= 0.6 is 0 Å². The van der Waals surface area contributed by atoms with Crippen LogP contribution in [0.25, 0.3) is 16.8 Å². The lowest BCUT2D eigenvalue weighted by atomic mass is 9.93. The van der Waals surface area contributed by atoms with Gasteiger partial charge in [-0.25, -0.2) is 4.79 Å². The number of carbonyl (C=O) groups is 5. The van der Waals surface area contributed by atoms with Crippen LogP contribution in [0.3, 0.4) is 0 Å². The molecule has 2 aliphatic rings. The van der Waals surface area contributed by atoms with Crippen molar-refractivity contribution in [3.05, 3.63) is 99.5 Å². The summed E-state index contributed by atoms with van der Waals surface area (Å²) in [5.74, 6) is -5.70. The molecule has 1 aliphatic carbocycles. The third-order valence-corrected chi connectivity index (χ3v) is 11.9. The fourth-order valence-corrected chi connectivity index (χ4v) is 7.54. The summed E-state index contributed by atoms with van der Waals surface area (Å²) in [4.78, 5) is 83.2. The molecular formula is C46H57N9O12. The third-order valence-electron chi connectivity index (χ3n) is 11.9. The fourth-order valence-electron chi connectivity index (χ4n) is 7.54. The predicted octanol–water partition coefficient (Wildman–Crippen LogP) is -0.669. The largest absolute Gasteiger partial charge is 0.504 e. The zero-order valence-corrected chi connectivity index (χ0v) is 37.3. The van der Waals surface area contributed by atoms with Gasteiger partial charge in [0.15, 0.2) is 11.5 Å². The van der Waals surface area contributed by atoms with Crippen LogP contribution in [0.5, 0.6) is 17.2 Å². The molecule has 0 spiro atoms. The number of benzene rings is 3. The van der Waals surface area contributed by atoms with Gasteiger partial charge >= 0.3 is 5.97 Å². The number of aliphatic hydroxyl groups is 2. The number of aliphatic hydroxyl groups excluding tert-OH is 2. The zero-order chi connectivity index (χ0) is 48.7. The monoisotopic (exact) mass is 927 g/mol. The normalized spacial score (nSPS) is 19.1. The minimum Gasteiger partial charge on any atom is -0.504 e.